The first-order chi connectivity index (χ1) is 9.70. The van der Waals surface area contributed by atoms with Crippen LogP contribution in [0, 0.1) is 11.8 Å². The highest BCUT2D eigenvalue weighted by Crippen LogP contribution is 2.29. The number of pyridine rings is 1. The number of carbonyl (C=O) groups is 1. The minimum atomic E-state index is 0.200. The maximum atomic E-state index is 12.4. The Bertz CT molecular complexity index is 413. The zero-order valence-electron chi connectivity index (χ0n) is 12.3. The number of hydrogen-bond donors (Lipinski definition) is 1. The Kier molecular flexibility index (Phi) is 5.53. The number of rotatable bonds is 5. The van der Waals surface area contributed by atoms with Crippen LogP contribution in [-0.4, -0.2) is 35.9 Å². The lowest BCUT2D eigenvalue weighted by atomic mass is 9.81. The minimum absolute atomic E-state index is 0.200. The molecule has 0 bridgehead atoms. The fourth-order valence-corrected chi connectivity index (χ4v) is 2.90. The summed E-state index contributed by atoms with van der Waals surface area (Å²) in [5.41, 5.74) is 6.74. The standard InChI is InChI=1S/C16H25N3O/c1-19(11-9-15-4-2-3-10-18-15)16(20)14-7-5-13(12-17)6-8-14/h2-4,10,13-14H,5-9,11-12,17H2,1H3. The average Bonchev–Trinajstić information content (AvgIpc) is 2.53. The van der Waals surface area contributed by atoms with Crippen LogP contribution in [0.15, 0.2) is 24.4 Å². The van der Waals surface area contributed by atoms with Crippen LogP contribution < -0.4 is 5.73 Å². The number of nitrogens with zero attached hydrogens (tertiary/aromatic N) is 2. The summed E-state index contributed by atoms with van der Waals surface area (Å²) in [6.45, 7) is 1.50. The molecule has 1 aliphatic carbocycles. The van der Waals surface area contributed by atoms with E-state index >= 15 is 0 Å². The second-order valence-corrected chi connectivity index (χ2v) is 5.78. The Morgan fingerprint density at radius 1 is 1.35 bits per heavy atom. The highest BCUT2D eigenvalue weighted by molar-refractivity contribution is 5.78. The highest BCUT2D eigenvalue weighted by Gasteiger charge is 2.27. The number of amides is 1. The van der Waals surface area contributed by atoms with Crippen molar-refractivity contribution in [3.05, 3.63) is 30.1 Å². The second kappa shape index (κ2) is 7.39. The van der Waals surface area contributed by atoms with E-state index in [2.05, 4.69) is 4.98 Å². The molecule has 0 radical (unpaired) electrons. The van der Waals surface area contributed by atoms with Crippen molar-refractivity contribution in [2.24, 2.45) is 17.6 Å². The van der Waals surface area contributed by atoms with E-state index < -0.39 is 0 Å². The molecule has 0 aliphatic heterocycles. The van der Waals surface area contributed by atoms with Crippen LogP contribution in [0.4, 0.5) is 0 Å². The first kappa shape index (κ1) is 15.0. The van der Waals surface area contributed by atoms with Gasteiger partial charge in [0, 0.05) is 37.8 Å². The van der Waals surface area contributed by atoms with Gasteiger partial charge in [0.2, 0.25) is 5.91 Å². The lowest BCUT2D eigenvalue weighted by Gasteiger charge is -2.30. The number of aromatic nitrogens is 1. The number of likely N-dealkylation sites (N-methyl/N-ethyl adjacent to an activating group) is 1. The van der Waals surface area contributed by atoms with E-state index in [1.54, 1.807) is 6.20 Å². The molecule has 1 saturated carbocycles. The van der Waals surface area contributed by atoms with Crippen LogP contribution in [0.2, 0.25) is 0 Å². The molecular weight excluding hydrogens is 250 g/mol. The van der Waals surface area contributed by atoms with E-state index in [4.69, 9.17) is 5.73 Å². The molecule has 0 aromatic carbocycles. The van der Waals surface area contributed by atoms with Crippen molar-refractivity contribution in [2.75, 3.05) is 20.1 Å². The van der Waals surface area contributed by atoms with E-state index in [9.17, 15) is 4.79 Å². The Balaban J connectivity index is 1.77. The molecule has 1 aliphatic rings. The molecule has 2 rings (SSSR count). The second-order valence-electron chi connectivity index (χ2n) is 5.78. The maximum Gasteiger partial charge on any atom is 0.225 e. The lowest BCUT2D eigenvalue weighted by Crippen LogP contribution is -2.37. The minimum Gasteiger partial charge on any atom is -0.345 e. The van der Waals surface area contributed by atoms with Crippen molar-refractivity contribution in [1.82, 2.24) is 9.88 Å². The van der Waals surface area contributed by atoms with Crippen LogP contribution in [-0.2, 0) is 11.2 Å². The predicted molar refractivity (Wildman–Crippen MR) is 80.1 cm³/mol. The van der Waals surface area contributed by atoms with Crippen molar-refractivity contribution in [3.63, 3.8) is 0 Å². The molecular formula is C16H25N3O. The van der Waals surface area contributed by atoms with Crippen LogP contribution in [0.1, 0.15) is 31.4 Å². The van der Waals surface area contributed by atoms with Crippen LogP contribution in [0.5, 0.6) is 0 Å². The Labute approximate surface area is 121 Å². The van der Waals surface area contributed by atoms with Gasteiger partial charge in [0.15, 0.2) is 0 Å². The van der Waals surface area contributed by atoms with E-state index in [0.717, 1.165) is 50.9 Å². The smallest absolute Gasteiger partial charge is 0.225 e. The quantitative estimate of drug-likeness (QED) is 0.892. The van der Waals surface area contributed by atoms with E-state index in [-0.39, 0.29) is 11.8 Å². The van der Waals surface area contributed by atoms with Gasteiger partial charge in [0.25, 0.3) is 0 Å². The molecule has 4 heteroatoms. The van der Waals surface area contributed by atoms with Crippen molar-refractivity contribution in [2.45, 2.75) is 32.1 Å². The molecule has 4 nitrogen and oxygen atoms in total. The zero-order valence-corrected chi connectivity index (χ0v) is 12.3. The molecule has 0 unspecified atom stereocenters. The monoisotopic (exact) mass is 275 g/mol. The van der Waals surface area contributed by atoms with Gasteiger partial charge in [0.1, 0.15) is 0 Å². The number of carbonyl (C=O) groups excluding carboxylic acids is 1. The van der Waals surface area contributed by atoms with Crippen molar-refractivity contribution in [3.8, 4) is 0 Å². The van der Waals surface area contributed by atoms with E-state index in [1.807, 2.05) is 30.1 Å². The maximum absolute atomic E-state index is 12.4. The summed E-state index contributed by atoms with van der Waals surface area (Å²) in [6.07, 6.45) is 6.80. The van der Waals surface area contributed by atoms with Crippen molar-refractivity contribution < 1.29 is 4.79 Å². The molecule has 1 aromatic heterocycles. The number of hydrogen-bond acceptors (Lipinski definition) is 3. The van der Waals surface area contributed by atoms with Gasteiger partial charge >= 0.3 is 0 Å². The highest BCUT2D eigenvalue weighted by atomic mass is 16.2. The molecule has 2 N–H and O–H groups in total. The Morgan fingerprint density at radius 3 is 2.70 bits per heavy atom. The van der Waals surface area contributed by atoms with E-state index in [1.165, 1.54) is 0 Å². The Hall–Kier alpha value is -1.42. The van der Waals surface area contributed by atoms with Gasteiger partial charge in [-0.15, -0.1) is 0 Å². The molecule has 0 saturated heterocycles. The topological polar surface area (TPSA) is 59.2 Å². The zero-order chi connectivity index (χ0) is 14.4. The summed E-state index contributed by atoms with van der Waals surface area (Å²) < 4.78 is 0. The summed E-state index contributed by atoms with van der Waals surface area (Å²) in [5.74, 6) is 1.11. The number of nitrogens with two attached hydrogens (primary N) is 1. The van der Waals surface area contributed by atoms with Gasteiger partial charge in [-0.25, -0.2) is 0 Å². The molecule has 20 heavy (non-hydrogen) atoms. The largest absolute Gasteiger partial charge is 0.345 e. The first-order valence-corrected chi connectivity index (χ1v) is 7.55. The molecule has 1 heterocycles. The molecule has 1 fully saturated rings. The van der Waals surface area contributed by atoms with Gasteiger partial charge in [-0.2, -0.15) is 0 Å². The summed E-state index contributed by atoms with van der Waals surface area (Å²) in [5, 5.41) is 0. The summed E-state index contributed by atoms with van der Waals surface area (Å²) in [4.78, 5) is 18.5. The molecule has 0 atom stereocenters. The fourth-order valence-electron chi connectivity index (χ4n) is 2.90. The van der Waals surface area contributed by atoms with E-state index in [0.29, 0.717) is 5.92 Å². The third kappa shape index (κ3) is 4.04. The van der Waals surface area contributed by atoms with Crippen LogP contribution >= 0.6 is 0 Å². The summed E-state index contributed by atoms with van der Waals surface area (Å²) in [6, 6.07) is 5.90. The third-order valence-electron chi connectivity index (χ3n) is 4.34. The average molecular weight is 275 g/mol. The lowest BCUT2D eigenvalue weighted by molar-refractivity contribution is -0.135. The normalized spacial score (nSPS) is 22.5. The fraction of sp³-hybridized carbons (Fsp3) is 0.625. The summed E-state index contributed by atoms with van der Waals surface area (Å²) in [7, 11) is 1.90. The first-order valence-electron chi connectivity index (χ1n) is 7.55. The summed E-state index contributed by atoms with van der Waals surface area (Å²) >= 11 is 0. The van der Waals surface area contributed by atoms with Gasteiger partial charge < -0.3 is 10.6 Å². The van der Waals surface area contributed by atoms with Crippen LogP contribution in [0.3, 0.4) is 0 Å². The van der Waals surface area contributed by atoms with Gasteiger partial charge in [-0.05, 0) is 50.3 Å². The van der Waals surface area contributed by atoms with Gasteiger partial charge in [0.05, 0.1) is 0 Å². The van der Waals surface area contributed by atoms with Crippen molar-refractivity contribution >= 4 is 5.91 Å². The van der Waals surface area contributed by atoms with Gasteiger partial charge in [-0.3, -0.25) is 9.78 Å². The van der Waals surface area contributed by atoms with Crippen molar-refractivity contribution in [1.29, 1.82) is 0 Å². The predicted octanol–water partition coefficient (Wildman–Crippen LogP) is 1.85. The molecule has 1 aromatic rings. The van der Waals surface area contributed by atoms with Gasteiger partial charge in [-0.1, -0.05) is 6.07 Å². The molecule has 110 valence electrons. The third-order valence-corrected chi connectivity index (χ3v) is 4.34. The van der Waals surface area contributed by atoms with Crippen LogP contribution in [0.25, 0.3) is 0 Å². The SMILES string of the molecule is CN(CCc1ccccn1)C(=O)C1CCC(CN)CC1. The Morgan fingerprint density at radius 2 is 2.10 bits per heavy atom. The molecule has 1 amide bonds. The molecule has 0 spiro atoms.